The fourth-order valence-corrected chi connectivity index (χ4v) is 3.42. The highest BCUT2D eigenvalue weighted by Gasteiger charge is 2.32. The summed E-state index contributed by atoms with van der Waals surface area (Å²) >= 11 is 1.39. The third-order valence-electron chi connectivity index (χ3n) is 3.85. The van der Waals surface area contributed by atoms with E-state index in [1.165, 1.54) is 11.8 Å². The Morgan fingerprint density at radius 3 is 2.50 bits per heavy atom. The Balaban J connectivity index is 1.81. The number of carbonyl (C=O) groups is 1. The molecule has 6 nitrogen and oxygen atoms in total. The van der Waals surface area contributed by atoms with E-state index < -0.39 is 4.75 Å². The van der Waals surface area contributed by atoms with E-state index in [4.69, 9.17) is 0 Å². The van der Waals surface area contributed by atoms with Gasteiger partial charge in [-0.2, -0.15) is 0 Å². The van der Waals surface area contributed by atoms with Crippen LogP contribution in [-0.4, -0.2) is 30.4 Å². The van der Waals surface area contributed by atoms with Crippen LogP contribution in [0.25, 0.3) is 11.5 Å². The van der Waals surface area contributed by atoms with Crippen LogP contribution in [0.3, 0.4) is 0 Å². The summed E-state index contributed by atoms with van der Waals surface area (Å²) in [6.45, 7) is 6.48. The van der Waals surface area contributed by atoms with Crippen LogP contribution in [0.15, 0.2) is 59.9 Å². The van der Waals surface area contributed by atoms with Crippen molar-refractivity contribution in [3.05, 3.63) is 54.7 Å². The zero-order chi connectivity index (χ0) is 18.6. The minimum absolute atomic E-state index is 0.0845. The van der Waals surface area contributed by atoms with Gasteiger partial charge >= 0.3 is 0 Å². The second-order valence-electron chi connectivity index (χ2n) is 6.20. The lowest BCUT2D eigenvalue weighted by Gasteiger charge is -2.22. The molecular formula is C19H21N5OS. The average molecular weight is 367 g/mol. The van der Waals surface area contributed by atoms with Gasteiger partial charge in [-0.15, -0.1) is 10.2 Å². The normalized spacial score (nSPS) is 11.3. The van der Waals surface area contributed by atoms with Crippen molar-refractivity contribution in [1.82, 2.24) is 19.7 Å². The van der Waals surface area contributed by atoms with Crippen LogP contribution in [0.1, 0.15) is 20.8 Å². The van der Waals surface area contributed by atoms with Crippen LogP contribution in [0.4, 0.5) is 5.69 Å². The van der Waals surface area contributed by atoms with Crippen molar-refractivity contribution < 1.29 is 4.79 Å². The van der Waals surface area contributed by atoms with Crippen molar-refractivity contribution in [2.24, 2.45) is 0 Å². The first-order chi connectivity index (χ1) is 12.5. The molecule has 0 bridgehead atoms. The van der Waals surface area contributed by atoms with Crippen LogP contribution in [-0.2, 0) is 11.3 Å². The van der Waals surface area contributed by atoms with Gasteiger partial charge < -0.3 is 9.88 Å². The molecule has 2 aromatic heterocycles. The fraction of sp³-hybridized carbons (Fsp3) is 0.263. The minimum atomic E-state index is -0.711. The Bertz CT molecular complexity index is 877. The van der Waals surface area contributed by atoms with Crippen molar-refractivity contribution in [1.29, 1.82) is 0 Å². The predicted octanol–water partition coefficient (Wildman–Crippen LogP) is 3.87. The van der Waals surface area contributed by atoms with E-state index in [9.17, 15) is 4.79 Å². The molecule has 0 aliphatic heterocycles. The Morgan fingerprint density at radius 2 is 1.85 bits per heavy atom. The van der Waals surface area contributed by atoms with E-state index >= 15 is 0 Å². The molecular weight excluding hydrogens is 346 g/mol. The summed E-state index contributed by atoms with van der Waals surface area (Å²) in [5.41, 5.74) is 1.54. The monoisotopic (exact) mass is 367 g/mol. The maximum atomic E-state index is 12.7. The molecule has 0 aliphatic carbocycles. The third-order valence-corrected chi connectivity index (χ3v) is 5.03. The van der Waals surface area contributed by atoms with E-state index in [0.717, 1.165) is 11.4 Å². The van der Waals surface area contributed by atoms with E-state index in [1.807, 2.05) is 73.9 Å². The minimum Gasteiger partial charge on any atom is -0.325 e. The van der Waals surface area contributed by atoms with Crippen LogP contribution in [0.5, 0.6) is 0 Å². The molecule has 7 heteroatoms. The van der Waals surface area contributed by atoms with Crippen molar-refractivity contribution in [3.63, 3.8) is 0 Å². The van der Waals surface area contributed by atoms with Gasteiger partial charge in [-0.05, 0) is 45.0 Å². The summed E-state index contributed by atoms with van der Waals surface area (Å²) in [4.78, 5) is 17.1. The lowest BCUT2D eigenvalue weighted by atomic mass is 10.2. The van der Waals surface area contributed by atoms with Gasteiger partial charge in [0.2, 0.25) is 5.91 Å². The Hall–Kier alpha value is -2.67. The number of hydrogen-bond acceptors (Lipinski definition) is 5. The Kier molecular flexibility index (Phi) is 5.37. The summed E-state index contributed by atoms with van der Waals surface area (Å²) in [5, 5.41) is 12.2. The molecule has 0 radical (unpaired) electrons. The van der Waals surface area contributed by atoms with E-state index in [2.05, 4.69) is 20.5 Å². The number of benzene rings is 1. The first-order valence-corrected chi connectivity index (χ1v) is 9.23. The van der Waals surface area contributed by atoms with Crippen LogP contribution in [0, 0.1) is 0 Å². The molecule has 3 aromatic rings. The molecule has 3 rings (SSSR count). The van der Waals surface area contributed by atoms with Gasteiger partial charge in [-0.25, -0.2) is 0 Å². The maximum absolute atomic E-state index is 12.7. The molecule has 0 saturated carbocycles. The molecule has 1 aromatic carbocycles. The highest BCUT2D eigenvalue weighted by molar-refractivity contribution is 8.01. The molecule has 0 unspecified atom stereocenters. The number of nitrogens with zero attached hydrogens (tertiary/aromatic N) is 4. The number of carbonyl (C=O) groups excluding carboxylic acids is 1. The number of para-hydroxylation sites is 1. The first-order valence-electron chi connectivity index (χ1n) is 8.41. The summed E-state index contributed by atoms with van der Waals surface area (Å²) in [7, 11) is 0. The van der Waals surface area contributed by atoms with Crippen LogP contribution >= 0.6 is 11.8 Å². The number of anilines is 1. The molecule has 2 heterocycles. The smallest absolute Gasteiger partial charge is 0.240 e. The van der Waals surface area contributed by atoms with E-state index in [0.29, 0.717) is 17.5 Å². The van der Waals surface area contributed by atoms with Crippen molar-refractivity contribution in [2.45, 2.75) is 37.2 Å². The summed E-state index contributed by atoms with van der Waals surface area (Å²) in [6, 6.07) is 15.1. The number of thioether (sulfide) groups is 1. The molecule has 26 heavy (non-hydrogen) atoms. The van der Waals surface area contributed by atoms with Gasteiger partial charge in [0.1, 0.15) is 5.69 Å². The van der Waals surface area contributed by atoms with Gasteiger partial charge in [0.25, 0.3) is 0 Å². The molecule has 134 valence electrons. The largest absolute Gasteiger partial charge is 0.325 e. The summed E-state index contributed by atoms with van der Waals surface area (Å²) in [6.07, 6.45) is 1.73. The van der Waals surface area contributed by atoms with Crippen LogP contribution in [0.2, 0.25) is 0 Å². The van der Waals surface area contributed by atoms with E-state index in [-0.39, 0.29) is 5.91 Å². The SMILES string of the molecule is CCn1c(SC(C)(C)C(=O)Nc2ccccc2)nnc1-c1ccccn1. The highest BCUT2D eigenvalue weighted by atomic mass is 32.2. The quantitative estimate of drug-likeness (QED) is 0.670. The molecule has 0 saturated heterocycles. The van der Waals surface area contributed by atoms with Crippen molar-refractivity contribution >= 4 is 23.4 Å². The topological polar surface area (TPSA) is 72.7 Å². The summed E-state index contributed by atoms with van der Waals surface area (Å²) in [5.74, 6) is 0.619. The van der Waals surface area contributed by atoms with E-state index in [1.54, 1.807) is 6.20 Å². The summed E-state index contributed by atoms with van der Waals surface area (Å²) < 4.78 is 1.27. The molecule has 0 spiro atoms. The maximum Gasteiger partial charge on any atom is 0.240 e. The standard InChI is InChI=1S/C19H21N5OS/c1-4-24-16(15-12-8-9-13-20-15)22-23-18(24)26-19(2,3)17(25)21-14-10-6-5-7-11-14/h5-13H,4H2,1-3H3,(H,21,25). The number of aromatic nitrogens is 4. The fourth-order valence-electron chi connectivity index (χ4n) is 2.41. The average Bonchev–Trinajstić information content (AvgIpc) is 3.05. The number of pyridine rings is 1. The van der Waals surface area contributed by atoms with Crippen molar-refractivity contribution in [3.8, 4) is 11.5 Å². The lowest BCUT2D eigenvalue weighted by Crippen LogP contribution is -2.34. The number of amides is 1. The number of nitrogens with one attached hydrogen (secondary N) is 1. The Morgan fingerprint density at radius 1 is 1.12 bits per heavy atom. The predicted molar refractivity (Wildman–Crippen MR) is 104 cm³/mol. The second-order valence-corrected chi connectivity index (χ2v) is 7.79. The van der Waals surface area contributed by atoms with Crippen molar-refractivity contribution in [2.75, 3.05) is 5.32 Å². The van der Waals surface area contributed by atoms with Crippen LogP contribution < -0.4 is 5.32 Å². The van der Waals surface area contributed by atoms with Gasteiger partial charge in [0.05, 0.1) is 4.75 Å². The molecule has 0 fully saturated rings. The first kappa shape index (κ1) is 18.1. The third kappa shape index (κ3) is 3.94. The number of rotatable bonds is 6. The number of hydrogen-bond donors (Lipinski definition) is 1. The zero-order valence-corrected chi connectivity index (χ0v) is 15.8. The molecule has 1 amide bonds. The lowest BCUT2D eigenvalue weighted by molar-refractivity contribution is -0.117. The molecule has 1 N–H and O–H groups in total. The second kappa shape index (κ2) is 7.70. The van der Waals surface area contributed by atoms with Gasteiger partial charge in [0, 0.05) is 18.4 Å². The zero-order valence-electron chi connectivity index (χ0n) is 15.0. The highest BCUT2D eigenvalue weighted by Crippen LogP contribution is 2.34. The van der Waals surface area contributed by atoms with Gasteiger partial charge in [-0.1, -0.05) is 36.0 Å². The Labute approximate surface area is 157 Å². The van der Waals surface area contributed by atoms with Gasteiger partial charge in [0.15, 0.2) is 11.0 Å². The molecule has 0 atom stereocenters. The van der Waals surface area contributed by atoms with Gasteiger partial charge in [-0.3, -0.25) is 9.78 Å². The molecule has 0 aliphatic rings.